The van der Waals surface area contributed by atoms with Gasteiger partial charge in [0.15, 0.2) is 0 Å². The molecule has 0 bridgehead atoms. The summed E-state index contributed by atoms with van der Waals surface area (Å²) in [6, 6.07) is 1.85. The Morgan fingerprint density at radius 1 is 1.30 bits per heavy atom. The van der Waals surface area contributed by atoms with Gasteiger partial charge in [-0.2, -0.15) is 0 Å². The van der Waals surface area contributed by atoms with Gasteiger partial charge < -0.3 is 15.2 Å². The van der Waals surface area contributed by atoms with Crippen LogP contribution in [0.25, 0.3) is 0 Å². The molecule has 20 heavy (non-hydrogen) atoms. The maximum absolute atomic E-state index is 6.50. The second-order valence-corrected chi connectivity index (χ2v) is 5.80. The molecule has 2 rings (SSSR count). The van der Waals surface area contributed by atoms with Crippen LogP contribution in [-0.4, -0.2) is 23.3 Å². The van der Waals surface area contributed by atoms with Crippen LogP contribution in [0.1, 0.15) is 58.1 Å². The van der Waals surface area contributed by atoms with Gasteiger partial charge in [0.1, 0.15) is 5.75 Å². The highest BCUT2D eigenvalue weighted by atomic mass is 16.5. The average Bonchev–Trinajstić information content (AvgIpc) is 2.87. The Hall–Kier alpha value is -1.13. The van der Waals surface area contributed by atoms with Gasteiger partial charge in [-0.1, -0.05) is 12.8 Å². The molecule has 2 N–H and O–H groups in total. The quantitative estimate of drug-likeness (QED) is 0.868. The number of ether oxygens (including phenoxy) is 2. The number of rotatable bonds is 6. The van der Waals surface area contributed by atoms with E-state index >= 15 is 0 Å². The largest absolute Gasteiger partial charge is 0.489 e. The minimum Gasteiger partial charge on any atom is -0.489 e. The fourth-order valence-corrected chi connectivity index (χ4v) is 3.05. The fourth-order valence-electron chi connectivity index (χ4n) is 3.05. The van der Waals surface area contributed by atoms with Gasteiger partial charge in [0.25, 0.3) is 0 Å². The lowest BCUT2D eigenvalue weighted by atomic mass is 9.88. The number of nitrogens with zero attached hydrogens (tertiary/aromatic N) is 1. The molecular weight excluding hydrogens is 252 g/mol. The van der Waals surface area contributed by atoms with E-state index in [0.717, 1.165) is 24.2 Å². The van der Waals surface area contributed by atoms with E-state index in [4.69, 9.17) is 15.2 Å². The van der Waals surface area contributed by atoms with Gasteiger partial charge >= 0.3 is 0 Å². The van der Waals surface area contributed by atoms with Crippen molar-refractivity contribution in [1.82, 2.24) is 4.98 Å². The van der Waals surface area contributed by atoms with Crippen molar-refractivity contribution >= 4 is 0 Å². The van der Waals surface area contributed by atoms with Crippen molar-refractivity contribution in [1.29, 1.82) is 0 Å². The number of nitrogens with two attached hydrogens (primary N) is 1. The van der Waals surface area contributed by atoms with E-state index < -0.39 is 0 Å². The van der Waals surface area contributed by atoms with E-state index in [1.54, 1.807) is 6.20 Å². The first kappa shape index (κ1) is 15.3. The molecule has 1 aromatic rings. The molecule has 1 atom stereocenters. The van der Waals surface area contributed by atoms with Crippen molar-refractivity contribution in [3.05, 3.63) is 24.0 Å². The van der Waals surface area contributed by atoms with Gasteiger partial charge in [-0.3, -0.25) is 4.98 Å². The van der Waals surface area contributed by atoms with Crippen LogP contribution in [0, 0.1) is 0 Å². The Morgan fingerprint density at radius 2 is 2.00 bits per heavy atom. The van der Waals surface area contributed by atoms with Crippen LogP contribution in [0.5, 0.6) is 5.75 Å². The van der Waals surface area contributed by atoms with Gasteiger partial charge in [0.2, 0.25) is 0 Å². The van der Waals surface area contributed by atoms with Crippen molar-refractivity contribution in [2.24, 2.45) is 5.73 Å². The lowest BCUT2D eigenvalue weighted by Gasteiger charge is -2.35. The summed E-state index contributed by atoms with van der Waals surface area (Å²) in [5.41, 5.74) is 7.27. The summed E-state index contributed by atoms with van der Waals surface area (Å²) >= 11 is 0. The highest BCUT2D eigenvalue weighted by Gasteiger charge is 2.41. The summed E-state index contributed by atoms with van der Waals surface area (Å²) < 4.78 is 11.7. The molecule has 0 radical (unpaired) electrons. The molecule has 0 aromatic carbocycles. The second kappa shape index (κ2) is 6.55. The van der Waals surface area contributed by atoms with Gasteiger partial charge in [-0.05, 0) is 45.2 Å². The molecule has 0 saturated heterocycles. The molecule has 1 heterocycles. The molecule has 1 saturated carbocycles. The zero-order valence-corrected chi connectivity index (χ0v) is 12.8. The number of hydrogen-bond donors (Lipinski definition) is 1. The standard InChI is InChI=1S/C16H26N2O2/c1-4-19-16(7-5-6-8-16)15(17)13-9-14(11-18-10-13)20-12(2)3/h9-12,15H,4-8,17H2,1-3H3. The van der Waals surface area contributed by atoms with Gasteiger partial charge in [-0.15, -0.1) is 0 Å². The molecule has 112 valence electrons. The monoisotopic (exact) mass is 278 g/mol. The van der Waals surface area contributed by atoms with E-state index in [1.165, 1.54) is 12.8 Å². The third-order valence-corrected chi connectivity index (χ3v) is 3.91. The molecule has 4 nitrogen and oxygen atoms in total. The average molecular weight is 278 g/mol. The minimum absolute atomic E-state index is 0.135. The maximum Gasteiger partial charge on any atom is 0.138 e. The van der Waals surface area contributed by atoms with E-state index in [-0.39, 0.29) is 17.7 Å². The van der Waals surface area contributed by atoms with Crippen molar-refractivity contribution in [2.75, 3.05) is 6.61 Å². The Bertz CT molecular complexity index is 428. The SMILES string of the molecule is CCOC1(C(N)c2cncc(OC(C)C)c2)CCCC1. The van der Waals surface area contributed by atoms with Crippen LogP contribution in [0.15, 0.2) is 18.5 Å². The molecular formula is C16H26N2O2. The second-order valence-electron chi connectivity index (χ2n) is 5.80. The molecule has 0 amide bonds. The lowest BCUT2D eigenvalue weighted by Crippen LogP contribution is -2.41. The van der Waals surface area contributed by atoms with Crippen LogP contribution in [-0.2, 0) is 4.74 Å². The first-order valence-corrected chi connectivity index (χ1v) is 7.58. The van der Waals surface area contributed by atoms with Crippen LogP contribution in [0.4, 0.5) is 0 Å². The van der Waals surface area contributed by atoms with Gasteiger partial charge in [0, 0.05) is 12.8 Å². The minimum atomic E-state index is -0.229. The molecule has 4 heteroatoms. The first-order valence-electron chi connectivity index (χ1n) is 7.58. The summed E-state index contributed by atoms with van der Waals surface area (Å²) in [6.45, 7) is 6.74. The Morgan fingerprint density at radius 3 is 2.60 bits per heavy atom. The fraction of sp³-hybridized carbons (Fsp3) is 0.688. The van der Waals surface area contributed by atoms with Crippen molar-refractivity contribution in [3.63, 3.8) is 0 Å². The zero-order valence-electron chi connectivity index (χ0n) is 12.8. The Labute approximate surface area is 121 Å². The highest BCUT2D eigenvalue weighted by molar-refractivity contribution is 5.28. The predicted octanol–water partition coefficient (Wildman–Crippen LogP) is 3.22. The lowest BCUT2D eigenvalue weighted by molar-refractivity contribution is -0.0537. The first-order chi connectivity index (χ1) is 9.57. The van der Waals surface area contributed by atoms with E-state index in [0.29, 0.717) is 6.61 Å². The van der Waals surface area contributed by atoms with E-state index in [9.17, 15) is 0 Å². The number of aromatic nitrogens is 1. The van der Waals surface area contributed by atoms with Gasteiger partial charge in [0.05, 0.1) is 23.9 Å². The van der Waals surface area contributed by atoms with E-state index in [2.05, 4.69) is 4.98 Å². The van der Waals surface area contributed by atoms with Crippen LogP contribution < -0.4 is 10.5 Å². The van der Waals surface area contributed by atoms with Crippen LogP contribution in [0.3, 0.4) is 0 Å². The normalized spacial score (nSPS) is 19.2. The molecule has 1 fully saturated rings. The topological polar surface area (TPSA) is 57.4 Å². The molecule has 1 aliphatic carbocycles. The van der Waals surface area contributed by atoms with Crippen LogP contribution >= 0.6 is 0 Å². The van der Waals surface area contributed by atoms with Crippen LogP contribution in [0.2, 0.25) is 0 Å². The molecule has 0 spiro atoms. The summed E-state index contributed by atoms with van der Waals surface area (Å²) in [6.07, 6.45) is 8.12. The number of pyridine rings is 1. The summed E-state index contributed by atoms with van der Waals surface area (Å²) in [7, 11) is 0. The molecule has 1 aliphatic rings. The Balaban J connectivity index is 2.20. The maximum atomic E-state index is 6.50. The highest BCUT2D eigenvalue weighted by Crippen LogP contribution is 2.42. The number of hydrogen-bond acceptors (Lipinski definition) is 4. The molecule has 0 aliphatic heterocycles. The molecule has 1 unspecified atom stereocenters. The van der Waals surface area contributed by atoms with Crippen molar-refractivity contribution in [2.45, 2.75) is 64.2 Å². The third kappa shape index (κ3) is 3.30. The predicted molar refractivity (Wildman–Crippen MR) is 79.8 cm³/mol. The van der Waals surface area contributed by atoms with Gasteiger partial charge in [-0.25, -0.2) is 0 Å². The zero-order chi connectivity index (χ0) is 14.6. The van der Waals surface area contributed by atoms with Crippen molar-refractivity contribution < 1.29 is 9.47 Å². The smallest absolute Gasteiger partial charge is 0.138 e. The summed E-state index contributed by atoms with van der Waals surface area (Å²) in [5.74, 6) is 0.776. The third-order valence-electron chi connectivity index (χ3n) is 3.91. The molecule has 1 aromatic heterocycles. The Kier molecular flexibility index (Phi) is 5.00. The summed E-state index contributed by atoms with van der Waals surface area (Å²) in [5, 5.41) is 0. The van der Waals surface area contributed by atoms with Crippen molar-refractivity contribution in [3.8, 4) is 5.75 Å². The van der Waals surface area contributed by atoms with E-state index in [1.807, 2.05) is 33.0 Å². The summed E-state index contributed by atoms with van der Waals surface area (Å²) in [4.78, 5) is 4.26.